The number of carbonyl (C=O) groups is 3. The van der Waals surface area contributed by atoms with Gasteiger partial charge >= 0.3 is 0 Å². The Morgan fingerprint density at radius 3 is 1.47 bits per heavy atom. The minimum atomic E-state index is -0.343. The number of benzene rings is 4. The van der Waals surface area contributed by atoms with E-state index in [9.17, 15) is 14.4 Å². The van der Waals surface area contributed by atoms with E-state index in [1.807, 2.05) is 31.2 Å². The maximum absolute atomic E-state index is 13.7. The Morgan fingerprint density at radius 2 is 0.938 bits per heavy atom. The number of hydrogen-bond acceptors (Lipinski definition) is 3. The highest BCUT2D eigenvalue weighted by atomic mass is 16.1. The van der Waals surface area contributed by atoms with Crippen molar-refractivity contribution in [2.75, 3.05) is 0 Å². The zero-order valence-electron chi connectivity index (χ0n) is 18.0. The fourth-order valence-electron chi connectivity index (χ4n) is 3.75. The lowest BCUT2D eigenvalue weighted by molar-refractivity contribution is 0.0990. The SMILES string of the molecule is Cc1ccc(C(=O)c2ccc(C)c(C(=O)c3ccccc3)c2C(=O)c2ccccc2)cc1. The Kier molecular flexibility index (Phi) is 5.91. The van der Waals surface area contributed by atoms with Gasteiger partial charge in [0.05, 0.1) is 0 Å². The molecular formula is C29H22O3. The third-order valence-corrected chi connectivity index (χ3v) is 5.50. The molecule has 0 radical (unpaired) electrons. The molecule has 3 nitrogen and oxygen atoms in total. The Morgan fingerprint density at radius 1 is 0.469 bits per heavy atom. The molecule has 0 aliphatic carbocycles. The first-order chi connectivity index (χ1) is 15.5. The molecule has 32 heavy (non-hydrogen) atoms. The van der Waals surface area contributed by atoms with Gasteiger partial charge in [0.2, 0.25) is 0 Å². The molecule has 0 fully saturated rings. The van der Waals surface area contributed by atoms with Gasteiger partial charge in [0.1, 0.15) is 0 Å². The van der Waals surface area contributed by atoms with Gasteiger partial charge in [-0.2, -0.15) is 0 Å². The summed E-state index contributed by atoms with van der Waals surface area (Å²) in [4.78, 5) is 40.7. The van der Waals surface area contributed by atoms with E-state index < -0.39 is 0 Å². The maximum atomic E-state index is 13.7. The second-order valence-corrected chi connectivity index (χ2v) is 7.77. The van der Waals surface area contributed by atoms with Crippen molar-refractivity contribution in [3.05, 3.63) is 142 Å². The molecule has 4 aromatic carbocycles. The van der Waals surface area contributed by atoms with Gasteiger partial charge in [0.25, 0.3) is 0 Å². The van der Waals surface area contributed by atoms with Gasteiger partial charge in [0.15, 0.2) is 17.3 Å². The predicted molar refractivity (Wildman–Crippen MR) is 126 cm³/mol. The van der Waals surface area contributed by atoms with E-state index in [0.717, 1.165) is 5.56 Å². The van der Waals surface area contributed by atoms with Crippen molar-refractivity contribution in [1.29, 1.82) is 0 Å². The molecule has 0 N–H and O–H groups in total. The molecule has 3 heteroatoms. The number of ketones is 3. The molecule has 0 aromatic heterocycles. The monoisotopic (exact) mass is 418 g/mol. The van der Waals surface area contributed by atoms with Crippen LogP contribution in [-0.4, -0.2) is 17.3 Å². The zero-order chi connectivity index (χ0) is 22.7. The number of carbonyl (C=O) groups excluding carboxylic acids is 3. The number of aryl methyl sites for hydroxylation is 2. The van der Waals surface area contributed by atoms with Crippen molar-refractivity contribution in [1.82, 2.24) is 0 Å². The first-order valence-electron chi connectivity index (χ1n) is 10.4. The smallest absolute Gasteiger partial charge is 0.194 e. The summed E-state index contributed by atoms with van der Waals surface area (Å²) < 4.78 is 0. The summed E-state index contributed by atoms with van der Waals surface area (Å²) in [6.07, 6.45) is 0. The number of hydrogen-bond donors (Lipinski definition) is 0. The van der Waals surface area contributed by atoms with Crippen LogP contribution in [0.2, 0.25) is 0 Å². The molecular weight excluding hydrogens is 396 g/mol. The second kappa shape index (κ2) is 8.94. The van der Waals surface area contributed by atoms with Crippen LogP contribution in [0.1, 0.15) is 58.9 Å². The van der Waals surface area contributed by atoms with Crippen LogP contribution in [0.3, 0.4) is 0 Å². The topological polar surface area (TPSA) is 51.2 Å². The van der Waals surface area contributed by atoms with E-state index in [4.69, 9.17) is 0 Å². The van der Waals surface area contributed by atoms with Crippen LogP contribution in [0.15, 0.2) is 97.1 Å². The van der Waals surface area contributed by atoms with Crippen molar-refractivity contribution >= 4 is 17.3 Å². The van der Waals surface area contributed by atoms with E-state index in [1.165, 1.54) is 0 Å². The summed E-state index contributed by atoms with van der Waals surface area (Å²) in [6.45, 7) is 3.74. The lowest BCUT2D eigenvalue weighted by atomic mass is 9.84. The fraction of sp³-hybridized carbons (Fsp3) is 0.0690. The summed E-state index contributed by atoms with van der Waals surface area (Å²) in [5.41, 5.74) is 3.70. The fourth-order valence-corrected chi connectivity index (χ4v) is 3.75. The van der Waals surface area contributed by atoms with E-state index in [0.29, 0.717) is 22.3 Å². The van der Waals surface area contributed by atoms with E-state index in [2.05, 4.69) is 0 Å². The molecule has 0 bridgehead atoms. The van der Waals surface area contributed by atoms with Gasteiger partial charge in [0, 0.05) is 33.4 Å². The average Bonchev–Trinajstić information content (AvgIpc) is 2.84. The maximum Gasteiger partial charge on any atom is 0.194 e. The minimum absolute atomic E-state index is 0.149. The quantitative estimate of drug-likeness (QED) is 0.361. The largest absolute Gasteiger partial charge is 0.289 e. The van der Waals surface area contributed by atoms with Gasteiger partial charge in [-0.1, -0.05) is 96.6 Å². The molecule has 4 rings (SSSR count). The summed E-state index contributed by atoms with van der Waals surface area (Å²) in [7, 11) is 0. The van der Waals surface area contributed by atoms with Crippen molar-refractivity contribution in [3.63, 3.8) is 0 Å². The molecule has 0 amide bonds. The van der Waals surface area contributed by atoms with Crippen molar-refractivity contribution in [2.45, 2.75) is 13.8 Å². The normalized spacial score (nSPS) is 10.6. The molecule has 0 heterocycles. The first kappa shape index (κ1) is 21.1. The highest BCUT2D eigenvalue weighted by molar-refractivity contribution is 6.26. The van der Waals surface area contributed by atoms with Crippen LogP contribution in [0.25, 0.3) is 0 Å². The summed E-state index contributed by atoms with van der Waals surface area (Å²) in [6, 6.07) is 28.2. The van der Waals surface area contributed by atoms with Gasteiger partial charge in [-0.25, -0.2) is 0 Å². The van der Waals surface area contributed by atoms with Crippen molar-refractivity contribution in [3.8, 4) is 0 Å². The van der Waals surface area contributed by atoms with E-state index in [1.54, 1.807) is 79.7 Å². The minimum Gasteiger partial charge on any atom is -0.289 e. The van der Waals surface area contributed by atoms with E-state index in [-0.39, 0.29) is 34.0 Å². The molecule has 0 saturated carbocycles. The Balaban J connectivity index is 1.96. The molecule has 0 aliphatic heterocycles. The molecule has 4 aromatic rings. The molecule has 156 valence electrons. The molecule has 0 aliphatic rings. The summed E-state index contributed by atoms with van der Waals surface area (Å²) in [5, 5.41) is 0. The summed E-state index contributed by atoms with van der Waals surface area (Å²) in [5.74, 6) is -0.906. The van der Waals surface area contributed by atoms with Crippen LogP contribution < -0.4 is 0 Å². The van der Waals surface area contributed by atoms with Gasteiger partial charge in [-0.3, -0.25) is 14.4 Å². The third-order valence-electron chi connectivity index (χ3n) is 5.50. The van der Waals surface area contributed by atoms with Crippen LogP contribution >= 0.6 is 0 Å². The van der Waals surface area contributed by atoms with Crippen LogP contribution in [0.4, 0.5) is 0 Å². The van der Waals surface area contributed by atoms with Gasteiger partial charge < -0.3 is 0 Å². The summed E-state index contributed by atoms with van der Waals surface area (Å²) >= 11 is 0. The molecule has 0 unspecified atom stereocenters. The second-order valence-electron chi connectivity index (χ2n) is 7.77. The zero-order valence-corrected chi connectivity index (χ0v) is 18.0. The lowest BCUT2D eigenvalue weighted by Crippen LogP contribution is -2.18. The lowest BCUT2D eigenvalue weighted by Gasteiger charge is -2.16. The number of rotatable bonds is 6. The van der Waals surface area contributed by atoms with Crippen LogP contribution in [0.5, 0.6) is 0 Å². The predicted octanol–water partition coefficient (Wildman–Crippen LogP) is 6.00. The highest BCUT2D eigenvalue weighted by Crippen LogP contribution is 2.27. The molecule has 0 saturated heterocycles. The average molecular weight is 418 g/mol. The third kappa shape index (κ3) is 4.06. The first-order valence-corrected chi connectivity index (χ1v) is 10.4. The van der Waals surface area contributed by atoms with Crippen LogP contribution in [0, 0.1) is 13.8 Å². The van der Waals surface area contributed by atoms with Gasteiger partial charge in [-0.15, -0.1) is 0 Å². The van der Waals surface area contributed by atoms with Crippen molar-refractivity contribution in [2.24, 2.45) is 0 Å². The van der Waals surface area contributed by atoms with E-state index >= 15 is 0 Å². The standard InChI is InChI=1S/C29H22O3/c1-19-13-16-23(17-14-19)27(30)24-18-15-20(2)25(28(31)21-9-5-3-6-10-21)26(24)29(32)22-11-7-4-8-12-22/h3-18H,1-2H3. The molecule has 0 atom stereocenters. The Bertz CT molecular complexity index is 1300. The highest BCUT2D eigenvalue weighted by Gasteiger charge is 2.28. The Labute approximate surface area is 187 Å². The Hall–Kier alpha value is -4.11. The molecule has 0 spiro atoms. The van der Waals surface area contributed by atoms with Crippen molar-refractivity contribution < 1.29 is 14.4 Å². The van der Waals surface area contributed by atoms with Crippen LogP contribution in [-0.2, 0) is 0 Å². The van der Waals surface area contributed by atoms with Gasteiger partial charge in [-0.05, 0) is 25.5 Å².